The summed E-state index contributed by atoms with van der Waals surface area (Å²) < 4.78 is 4.94. The van der Waals surface area contributed by atoms with E-state index in [2.05, 4.69) is 20.4 Å². The van der Waals surface area contributed by atoms with Crippen LogP contribution in [0.1, 0.15) is 23.5 Å². The van der Waals surface area contributed by atoms with E-state index >= 15 is 0 Å². The van der Waals surface area contributed by atoms with Gasteiger partial charge >= 0.3 is 0 Å². The maximum atomic E-state index is 4.94. The Balaban J connectivity index is 2.33. The first kappa shape index (κ1) is 9.79. The quantitative estimate of drug-likeness (QED) is 0.810. The summed E-state index contributed by atoms with van der Waals surface area (Å²) in [7, 11) is 1.84. The molecule has 0 radical (unpaired) electrons. The molecular formula is C10H12N4O. The zero-order valence-electron chi connectivity index (χ0n) is 8.64. The largest absolute Gasteiger partial charge is 0.340 e. The second-order valence-electron chi connectivity index (χ2n) is 3.15. The minimum Gasteiger partial charge on any atom is -0.340 e. The normalized spacial score (nSPS) is 12.7. The van der Waals surface area contributed by atoms with Crippen LogP contribution < -0.4 is 5.32 Å². The highest BCUT2D eigenvalue weighted by atomic mass is 16.5. The van der Waals surface area contributed by atoms with Gasteiger partial charge in [0, 0.05) is 13.1 Å². The van der Waals surface area contributed by atoms with Crippen LogP contribution in [0.15, 0.2) is 28.9 Å². The van der Waals surface area contributed by atoms with Crippen molar-refractivity contribution >= 4 is 0 Å². The molecule has 0 saturated carbocycles. The molecule has 0 bridgehead atoms. The maximum absolute atomic E-state index is 4.94. The molecule has 2 aromatic heterocycles. The molecule has 0 aliphatic carbocycles. The molecule has 5 nitrogen and oxygen atoms in total. The first-order valence-corrected chi connectivity index (χ1v) is 4.69. The van der Waals surface area contributed by atoms with E-state index in [1.54, 1.807) is 13.1 Å². The summed E-state index contributed by atoms with van der Waals surface area (Å²) in [6, 6.07) is 5.60. The maximum Gasteiger partial charge on any atom is 0.223 e. The first-order valence-electron chi connectivity index (χ1n) is 4.69. The molecule has 78 valence electrons. The van der Waals surface area contributed by atoms with Gasteiger partial charge in [0.1, 0.15) is 6.04 Å². The van der Waals surface area contributed by atoms with Crippen LogP contribution in [-0.4, -0.2) is 22.2 Å². The summed E-state index contributed by atoms with van der Waals surface area (Å²) in [4.78, 5) is 8.43. The van der Waals surface area contributed by atoms with Gasteiger partial charge in [-0.15, -0.1) is 0 Å². The zero-order valence-corrected chi connectivity index (χ0v) is 8.64. The Hall–Kier alpha value is -1.75. The van der Waals surface area contributed by atoms with Crippen molar-refractivity contribution in [1.29, 1.82) is 0 Å². The molecule has 0 aromatic carbocycles. The lowest BCUT2D eigenvalue weighted by molar-refractivity contribution is 0.382. The Morgan fingerprint density at radius 2 is 2.27 bits per heavy atom. The van der Waals surface area contributed by atoms with Crippen molar-refractivity contribution in [1.82, 2.24) is 20.4 Å². The van der Waals surface area contributed by atoms with Crippen LogP contribution in [0.2, 0.25) is 0 Å². The average molecular weight is 204 g/mol. The summed E-state index contributed by atoms with van der Waals surface area (Å²) >= 11 is 0. The van der Waals surface area contributed by atoms with Gasteiger partial charge in [0.15, 0.2) is 5.82 Å². The number of aromatic nitrogens is 3. The van der Waals surface area contributed by atoms with Crippen molar-refractivity contribution in [3.8, 4) is 0 Å². The fraction of sp³-hybridized carbons (Fsp3) is 0.300. The average Bonchev–Trinajstić information content (AvgIpc) is 2.68. The second kappa shape index (κ2) is 4.18. The molecule has 2 heterocycles. The van der Waals surface area contributed by atoms with E-state index in [4.69, 9.17) is 4.52 Å². The van der Waals surface area contributed by atoms with Gasteiger partial charge in [-0.1, -0.05) is 11.2 Å². The monoisotopic (exact) mass is 204 g/mol. The number of rotatable bonds is 3. The molecular weight excluding hydrogens is 192 g/mol. The molecule has 1 N–H and O–H groups in total. The van der Waals surface area contributed by atoms with E-state index in [0.717, 1.165) is 5.69 Å². The van der Waals surface area contributed by atoms with Crippen LogP contribution in [0, 0.1) is 6.92 Å². The molecule has 0 aliphatic heterocycles. The summed E-state index contributed by atoms with van der Waals surface area (Å²) in [6.07, 6.45) is 1.74. The zero-order chi connectivity index (χ0) is 10.7. The second-order valence-corrected chi connectivity index (χ2v) is 3.15. The number of hydrogen-bond acceptors (Lipinski definition) is 5. The Labute approximate surface area is 87.5 Å². The van der Waals surface area contributed by atoms with Crippen molar-refractivity contribution < 1.29 is 4.52 Å². The Morgan fingerprint density at radius 1 is 1.40 bits per heavy atom. The predicted molar refractivity (Wildman–Crippen MR) is 54.2 cm³/mol. The smallest absolute Gasteiger partial charge is 0.223 e. The Kier molecular flexibility index (Phi) is 2.73. The van der Waals surface area contributed by atoms with Crippen molar-refractivity contribution in [3.05, 3.63) is 41.8 Å². The summed E-state index contributed by atoms with van der Waals surface area (Å²) in [6.45, 7) is 1.77. The van der Waals surface area contributed by atoms with E-state index < -0.39 is 0 Å². The van der Waals surface area contributed by atoms with Gasteiger partial charge in [0.25, 0.3) is 0 Å². The van der Waals surface area contributed by atoms with Crippen molar-refractivity contribution in [3.63, 3.8) is 0 Å². The van der Waals surface area contributed by atoms with Crippen molar-refractivity contribution in [2.45, 2.75) is 13.0 Å². The first-order chi connectivity index (χ1) is 7.31. The Morgan fingerprint density at radius 3 is 2.80 bits per heavy atom. The summed E-state index contributed by atoms with van der Waals surface area (Å²) in [5, 5.41) is 6.98. The van der Waals surface area contributed by atoms with Crippen LogP contribution in [0.5, 0.6) is 0 Å². The molecule has 1 atom stereocenters. The standard InChI is InChI=1S/C10H12N4O/c1-7-13-10(14-15-7)9(11-2)8-5-3-4-6-12-8/h3-6,9,11H,1-2H3. The molecule has 0 spiro atoms. The number of pyridine rings is 1. The van der Waals surface area contributed by atoms with Gasteiger partial charge in [-0.3, -0.25) is 4.98 Å². The molecule has 2 aromatic rings. The minimum absolute atomic E-state index is 0.122. The van der Waals surface area contributed by atoms with Crippen LogP contribution in [0.4, 0.5) is 0 Å². The van der Waals surface area contributed by atoms with Crippen LogP contribution in [-0.2, 0) is 0 Å². The number of nitrogens with one attached hydrogen (secondary N) is 1. The molecule has 2 rings (SSSR count). The third-order valence-electron chi connectivity index (χ3n) is 2.07. The molecule has 5 heteroatoms. The van der Waals surface area contributed by atoms with E-state index in [1.807, 2.05) is 25.2 Å². The van der Waals surface area contributed by atoms with Gasteiger partial charge in [-0.25, -0.2) is 0 Å². The fourth-order valence-corrected chi connectivity index (χ4v) is 1.39. The minimum atomic E-state index is -0.122. The SMILES string of the molecule is CNC(c1ccccn1)c1noc(C)n1. The van der Waals surface area contributed by atoms with Crippen LogP contribution in [0.3, 0.4) is 0 Å². The van der Waals surface area contributed by atoms with Gasteiger partial charge in [0.05, 0.1) is 5.69 Å². The lowest BCUT2D eigenvalue weighted by Gasteiger charge is -2.10. The fourth-order valence-electron chi connectivity index (χ4n) is 1.39. The van der Waals surface area contributed by atoms with Crippen molar-refractivity contribution in [2.75, 3.05) is 7.05 Å². The van der Waals surface area contributed by atoms with E-state index in [-0.39, 0.29) is 6.04 Å². The lowest BCUT2D eigenvalue weighted by atomic mass is 10.2. The molecule has 1 unspecified atom stereocenters. The number of aryl methyl sites for hydroxylation is 1. The van der Waals surface area contributed by atoms with E-state index in [1.165, 1.54) is 0 Å². The van der Waals surface area contributed by atoms with Crippen LogP contribution in [0.25, 0.3) is 0 Å². The highest BCUT2D eigenvalue weighted by molar-refractivity contribution is 5.16. The van der Waals surface area contributed by atoms with E-state index in [9.17, 15) is 0 Å². The third kappa shape index (κ3) is 2.02. The highest BCUT2D eigenvalue weighted by Crippen LogP contribution is 2.16. The summed E-state index contributed by atoms with van der Waals surface area (Å²) in [5.41, 5.74) is 0.876. The molecule has 0 amide bonds. The molecule has 0 fully saturated rings. The predicted octanol–water partition coefficient (Wildman–Crippen LogP) is 1.08. The molecule has 0 saturated heterocycles. The summed E-state index contributed by atoms with van der Waals surface area (Å²) in [5.74, 6) is 1.16. The third-order valence-corrected chi connectivity index (χ3v) is 2.07. The number of hydrogen-bond donors (Lipinski definition) is 1. The lowest BCUT2D eigenvalue weighted by Crippen LogP contribution is -2.20. The highest BCUT2D eigenvalue weighted by Gasteiger charge is 2.18. The molecule has 15 heavy (non-hydrogen) atoms. The van der Waals surface area contributed by atoms with Crippen molar-refractivity contribution in [2.24, 2.45) is 0 Å². The van der Waals surface area contributed by atoms with Gasteiger partial charge < -0.3 is 9.84 Å². The topological polar surface area (TPSA) is 63.8 Å². The van der Waals surface area contributed by atoms with Gasteiger partial charge in [-0.2, -0.15) is 4.98 Å². The molecule has 0 aliphatic rings. The van der Waals surface area contributed by atoms with E-state index in [0.29, 0.717) is 11.7 Å². The van der Waals surface area contributed by atoms with Gasteiger partial charge in [-0.05, 0) is 19.2 Å². The Bertz CT molecular complexity index is 426. The van der Waals surface area contributed by atoms with Crippen LogP contribution >= 0.6 is 0 Å². The number of nitrogens with zero attached hydrogens (tertiary/aromatic N) is 3. The van der Waals surface area contributed by atoms with Gasteiger partial charge in [0.2, 0.25) is 5.89 Å².